The zero-order valence-corrected chi connectivity index (χ0v) is 14.6. The Morgan fingerprint density at radius 1 is 0.762 bits per heavy atom. The SMILES string of the molecule is CCOC(=O)C(C)=C(C)[O][Al][O]/C(C)=C(/C)C(=O)OCC. The molecule has 0 N–H and O–H groups in total. The van der Waals surface area contributed by atoms with Gasteiger partial charge in [-0.15, -0.1) is 0 Å². The van der Waals surface area contributed by atoms with Crippen LogP contribution in [0.1, 0.15) is 41.5 Å². The summed E-state index contributed by atoms with van der Waals surface area (Å²) in [6, 6.07) is 0. The summed E-state index contributed by atoms with van der Waals surface area (Å²) < 4.78 is 20.5. The number of ether oxygens (including phenoxy) is 2. The van der Waals surface area contributed by atoms with Gasteiger partial charge in [-0.05, 0) is 41.5 Å². The summed E-state index contributed by atoms with van der Waals surface area (Å²) in [4.78, 5) is 23.0. The molecule has 0 bridgehead atoms. The second kappa shape index (κ2) is 10.3. The molecule has 0 unspecified atom stereocenters. The van der Waals surface area contributed by atoms with E-state index in [1.54, 1.807) is 41.5 Å². The van der Waals surface area contributed by atoms with Gasteiger partial charge in [0.2, 0.25) is 0 Å². The lowest BCUT2D eigenvalue weighted by Gasteiger charge is -2.13. The summed E-state index contributed by atoms with van der Waals surface area (Å²) in [6.45, 7) is 10.7. The van der Waals surface area contributed by atoms with Gasteiger partial charge in [0.25, 0.3) is 0 Å². The normalized spacial score (nSPS) is 12.7. The molecule has 0 atom stereocenters. The number of hydrogen-bond acceptors (Lipinski definition) is 6. The van der Waals surface area contributed by atoms with E-state index >= 15 is 0 Å². The Morgan fingerprint density at radius 3 is 1.38 bits per heavy atom. The number of esters is 2. The Balaban J connectivity index is 4.48. The van der Waals surface area contributed by atoms with Gasteiger partial charge >= 0.3 is 27.8 Å². The van der Waals surface area contributed by atoms with Gasteiger partial charge in [0, 0.05) is 0 Å². The number of allylic oxidation sites excluding steroid dienone is 2. The molecule has 6 nitrogen and oxygen atoms in total. The van der Waals surface area contributed by atoms with Crippen molar-refractivity contribution in [3.05, 3.63) is 22.7 Å². The highest BCUT2D eigenvalue weighted by molar-refractivity contribution is 6.19. The fourth-order valence-electron chi connectivity index (χ4n) is 1.11. The van der Waals surface area contributed by atoms with Crippen LogP contribution in [0.25, 0.3) is 0 Å². The van der Waals surface area contributed by atoms with E-state index in [1.165, 1.54) is 0 Å². The molecule has 0 aliphatic rings. The molecule has 21 heavy (non-hydrogen) atoms. The van der Waals surface area contributed by atoms with Crippen molar-refractivity contribution in [1.29, 1.82) is 0 Å². The molecule has 0 saturated carbocycles. The largest absolute Gasteiger partial charge is 0.881 e. The minimum Gasteiger partial charge on any atom is -0.619 e. The highest BCUT2D eigenvalue weighted by Gasteiger charge is 2.15. The lowest BCUT2D eigenvalue weighted by molar-refractivity contribution is -0.139. The Kier molecular flexibility index (Phi) is 9.59. The van der Waals surface area contributed by atoms with Crippen molar-refractivity contribution in [1.82, 2.24) is 0 Å². The van der Waals surface area contributed by atoms with Gasteiger partial charge in [-0.1, -0.05) is 0 Å². The fraction of sp³-hybridized carbons (Fsp3) is 0.571. The molecule has 0 aromatic heterocycles. The van der Waals surface area contributed by atoms with Crippen LogP contribution < -0.4 is 0 Å². The summed E-state index contributed by atoms with van der Waals surface area (Å²) in [5.74, 6) is 0.0730. The van der Waals surface area contributed by atoms with Crippen LogP contribution in [0.15, 0.2) is 22.7 Å². The standard InChI is InChI=1S/2C7H12O3.Al/c2*1-4-10-7(9)5(2)6(3)8;/h2*8H,4H2,1-3H3;/q;;+2/p-2/b6-5-;;. The van der Waals surface area contributed by atoms with Crippen molar-refractivity contribution in [3.63, 3.8) is 0 Å². The molecule has 0 amide bonds. The Hall–Kier alpha value is -1.45. The second-order valence-electron chi connectivity index (χ2n) is 4.14. The van der Waals surface area contributed by atoms with Crippen molar-refractivity contribution >= 4 is 27.8 Å². The Bertz CT molecular complexity index is 399. The van der Waals surface area contributed by atoms with Crippen molar-refractivity contribution in [3.8, 4) is 0 Å². The maximum atomic E-state index is 11.5. The van der Waals surface area contributed by atoms with E-state index in [1.807, 2.05) is 0 Å². The molecule has 0 aliphatic heterocycles. The molecule has 0 saturated heterocycles. The van der Waals surface area contributed by atoms with Crippen molar-refractivity contribution in [2.75, 3.05) is 13.2 Å². The molecule has 0 rings (SSSR count). The van der Waals surface area contributed by atoms with Gasteiger partial charge in [-0.2, -0.15) is 0 Å². The summed E-state index contributed by atoms with van der Waals surface area (Å²) in [5, 5.41) is 0. The van der Waals surface area contributed by atoms with Gasteiger partial charge < -0.3 is 17.1 Å². The number of carbonyl (C=O) groups excluding carboxylic acids is 2. The maximum Gasteiger partial charge on any atom is 0.881 e. The smallest absolute Gasteiger partial charge is 0.619 e. The molecule has 0 aliphatic carbocycles. The van der Waals surface area contributed by atoms with Crippen LogP contribution in [0.4, 0.5) is 0 Å². The van der Waals surface area contributed by atoms with Gasteiger partial charge in [-0.3, -0.25) is 0 Å². The third kappa shape index (κ3) is 7.21. The third-order valence-electron chi connectivity index (χ3n) is 2.67. The minimum atomic E-state index is -0.878. The first-order valence-corrected chi connectivity index (χ1v) is 7.63. The van der Waals surface area contributed by atoms with Crippen LogP contribution in [-0.4, -0.2) is 41.0 Å². The minimum absolute atomic E-state index is 0.313. The van der Waals surface area contributed by atoms with Crippen molar-refractivity contribution in [2.45, 2.75) is 41.5 Å². The maximum absolute atomic E-state index is 11.5. The van der Waals surface area contributed by atoms with E-state index < -0.39 is 27.8 Å². The van der Waals surface area contributed by atoms with Gasteiger partial charge in [0.15, 0.2) is 0 Å². The molecular weight excluding hydrogens is 291 g/mol. The lowest BCUT2D eigenvalue weighted by Crippen LogP contribution is -2.12. The Labute approximate surface area is 132 Å². The zero-order chi connectivity index (χ0) is 16.4. The topological polar surface area (TPSA) is 71.1 Å². The average Bonchev–Trinajstić information content (AvgIpc) is 2.45. The molecule has 0 aromatic rings. The van der Waals surface area contributed by atoms with E-state index in [0.717, 1.165) is 0 Å². The molecule has 7 heteroatoms. The monoisotopic (exact) mass is 313 g/mol. The lowest BCUT2D eigenvalue weighted by atomic mass is 10.3. The van der Waals surface area contributed by atoms with Crippen molar-refractivity contribution < 1.29 is 26.6 Å². The molecule has 0 heterocycles. The van der Waals surface area contributed by atoms with Crippen LogP contribution in [0.3, 0.4) is 0 Å². The quantitative estimate of drug-likeness (QED) is 0.296. The summed E-state index contributed by atoms with van der Waals surface area (Å²) in [6.07, 6.45) is 0. The molecule has 1 radical (unpaired) electrons. The van der Waals surface area contributed by atoms with Gasteiger partial charge in [-0.25, -0.2) is 9.59 Å². The van der Waals surface area contributed by atoms with E-state index in [4.69, 9.17) is 17.1 Å². The molecule has 0 aromatic carbocycles. The number of hydrogen-bond donors (Lipinski definition) is 0. The number of rotatable bonds is 8. The predicted molar refractivity (Wildman–Crippen MR) is 77.9 cm³/mol. The van der Waals surface area contributed by atoms with E-state index in [0.29, 0.717) is 35.9 Å². The summed E-state index contributed by atoms with van der Waals surface area (Å²) in [5.41, 5.74) is 0.799. The highest BCUT2D eigenvalue weighted by Crippen LogP contribution is 2.10. The van der Waals surface area contributed by atoms with Crippen LogP contribution in [0.5, 0.6) is 0 Å². The third-order valence-corrected chi connectivity index (χ3v) is 3.57. The van der Waals surface area contributed by atoms with Crippen LogP contribution in [0.2, 0.25) is 0 Å². The first-order valence-electron chi connectivity index (χ1n) is 6.69. The molecule has 117 valence electrons. The van der Waals surface area contributed by atoms with E-state index in [9.17, 15) is 9.59 Å². The summed E-state index contributed by atoms with van der Waals surface area (Å²) >= 11 is -0.878. The predicted octanol–water partition coefficient (Wildman–Crippen LogP) is 2.27. The summed E-state index contributed by atoms with van der Waals surface area (Å²) in [7, 11) is 0. The molecular formula is C14H22AlO6. The van der Waals surface area contributed by atoms with Crippen LogP contribution >= 0.6 is 0 Å². The highest BCUT2D eigenvalue weighted by atomic mass is 27.2. The van der Waals surface area contributed by atoms with E-state index in [-0.39, 0.29) is 0 Å². The van der Waals surface area contributed by atoms with Crippen LogP contribution in [0, 0.1) is 0 Å². The zero-order valence-electron chi connectivity index (χ0n) is 13.4. The first kappa shape index (κ1) is 19.6. The fourth-order valence-corrected chi connectivity index (χ4v) is 1.80. The molecule has 0 fully saturated rings. The van der Waals surface area contributed by atoms with Crippen LogP contribution in [-0.2, 0) is 26.6 Å². The average molecular weight is 313 g/mol. The molecule has 0 spiro atoms. The van der Waals surface area contributed by atoms with E-state index in [2.05, 4.69) is 0 Å². The van der Waals surface area contributed by atoms with Gasteiger partial charge in [0.05, 0.1) is 35.9 Å². The number of carbonyl (C=O) groups is 2. The first-order chi connectivity index (χ1) is 9.84. The second-order valence-corrected chi connectivity index (χ2v) is 4.80. The Morgan fingerprint density at radius 2 is 1.10 bits per heavy atom. The van der Waals surface area contributed by atoms with Crippen molar-refractivity contribution in [2.24, 2.45) is 0 Å². The van der Waals surface area contributed by atoms with Gasteiger partial charge in [0.1, 0.15) is 0 Å².